The second-order valence-corrected chi connectivity index (χ2v) is 6.80. The van der Waals surface area contributed by atoms with E-state index in [4.69, 9.17) is 4.74 Å². The second-order valence-electron chi connectivity index (χ2n) is 5.91. The number of imide groups is 1. The number of carbonyl (C=O) groups excluding carboxylic acids is 3. The average Bonchev–Trinajstić information content (AvgIpc) is 3.35. The first-order chi connectivity index (χ1) is 12.1. The van der Waals surface area contributed by atoms with E-state index in [0.29, 0.717) is 22.9 Å². The van der Waals surface area contributed by atoms with Crippen LogP contribution in [0.4, 0.5) is 5.13 Å². The van der Waals surface area contributed by atoms with Gasteiger partial charge >= 0.3 is 0 Å². The number of fused-ring (bicyclic) bond motifs is 1. The zero-order chi connectivity index (χ0) is 17.4. The maximum absolute atomic E-state index is 12.6. The van der Waals surface area contributed by atoms with E-state index in [1.165, 1.54) is 28.4 Å². The summed E-state index contributed by atoms with van der Waals surface area (Å²) >= 11 is 1.30. The largest absolute Gasteiger partial charge is 0.376 e. The Bertz CT molecular complexity index is 844. The molecule has 0 bridgehead atoms. The third-order valence-corrected chi connectivity index (χ3v) is 4.98. The molecule has 1 N–H and O–H groups in total. The molecule has 0 spiro atoms. The van der Waals surface area contributed by atoms with Gasteiger partial charge in [-0.05, 0) is 31.0 Å². The summed E-state index contributed by atoms with van der Waals surface area (Å²) in [6.45, 7) is 0.919. The van der Waals surface area contributed by atoms with Crippen molar-refractivity contribution in [3.63, 3.8) is 0 Å². The zero-order valence-electron chi connectivity index (χ0n) is 13.2. The highest BCUT2D eigenvalue weighted by Crippen LogP contribution is 2.26. The highest BCUT2D eigenvalue weighted by atomic mass is 32.1. The van der Waals surface area contributed by atoms with Crippen LogP contribution in [-0.4, -0.2) is 46.9 Å². The minimum absolute atomic E-state index is 0.102. The maximum Gasteiger partial charge on any atom is 0.261 e. The first-order valence-corrected chi connectivity index (χ1v) is 8.84. The van der Waals surface area contributed by atoms with Gasteiger partial charge in [-0.1, -0.05) is 0 Å². The van der Waals surface area contributed by atoms with Crippen LogP contribution in [0.25, 0.3) is 0 Å². The summed E-state index contributed by atoms with van der Waals surface area (Å²) in [6, 6.07) is 4.54. The van der Waals surface area contributed by atoms with Gasteiger partial charge < -0.3 is 4.74 Å². The van der Waals surface area contributed by atoms with Crippen LogP contribution in [0.1, 0.15) is 43.9 Å². The molecular formula is C17H15N3O4S. The van der Waals surface area contributed by atoms with Gasteiger partial charge in [0.25, 0.3) is 17.7 Å². The molecule has 4 rings (SSSR count). The minimum Gasteiger partial charge on any atom is -0.376 e. The van der Waals surface area contributed by atoms with Gasteiger partial charge in [0, 0.05) is 23.7 Å². The van der Waals surface area contributed by atoms with Crippen molar-refractivity contribution in [2.24, 2.45) is 0 Å². The molecule has 1 aromatic carbocycles. The lowest BCUT2D eigenvalue weighted by atomic mass is 10.1. The van der Waals surface area contributed by atoms with E-state index in [1.807, 2.05) is 0 Å². The summed E-state index contributed by atoms with van der Waals surface area (Å²) in [4.78, 5) is 42.6. The fraction of sp³-hybridized carbons (Fsp3) is 0.294. The average molecular weight is 357 g/mol. The third-order valence-electron chi connectivity index (χ3n) is 4.30. The third kappa shape index (κ3) is 2.94. The molecule has 3 amide bonds. The molecule has 1 atom stereocenters. The van der Waals surface area contributed by atoms with E-state index in [1.54, 1.807) is 17.6 Å². The van der Waals surface area contributed by atoms with Crippen LogP contribution < -0.4 is 5.32 Å². The smallest absolute Gasteiger partial charge is 0.261 e. The van der Waals surface area contributed by atoms with Crippen LogP contribution in [0.3, 0.4) is 0 Å². The molecular weight excluding hydrogens is 342 g/mol. The molecule has 1 fully saturated rings. The van der Waals surface area contributed by atoms with Crippen LogP contribution in [0.2, 0.25) is 0 Å². The number of ether oxygens (including phenoxy) is 1. The number of anilines is 1. The van der Waals surface area contributed by atoms with Gasteiger partial charge in [0.2, 0.25) is 0 Å². The van der Waals surface area contributed by atoms with Gasteiger partial charge in [0.15, 0.2) is 5.13 Å². The van der Waals surface area contributed by atoms with Crippen molar-refractivity contribution in [2.75, 3.05) is 18.5 Å². The van der Waals surface area contributed by atoms with Gasteiger partial charge in [-0.25, -0.2) is 4.98 Å². The molecule has 0 unspecified atom stereocenters. The summed E-state index contributed by atoms with van der Waals surface area (Å²) in [7, 11) is 0. The molecule has 128 valence electrons. The molecule has 1 aromatic heterocycles. The van der Waals surface area contributed by atoms with E-state index >= 15 is 0 Å². The Labute approximate surface area is 147 Å². The number of carbonyl (C=O) groups is 3. The van der Waals surface area contributed by atoms with Crippen molar-refractivity contribution in [1.29, 1.82) is 0 Å². The predicted octanol–water partition coefficient (Wildman–Crippen LogP) is 2.17. The quantitative estimate of drug-likeness (QED) is 0.847. The van der Waals surface area contributed by atoms with E-state index in [2.05, 4.69) is 10.3 Å². The van der Waals surface area contributed by atoms with Crippen molar-refractivity contribution < 1.29 is 19.1 Å². The van der Waals surface area contributed by atoms with Crippen molar-refractivity contribution in [3.8, 4) is 0 Å². The molecule has 2 aliphatic heterocycles. The van der Waals surface area contributed by atoms with E-state index < -0.39 is 0 Å². The summed E-state index contributed by atoms with van der Waals surface area (Å²) in [5.74, 6) is -1.07. The first kappa shape index (κ1) is 15.9. The number of benzene rings is 1. The number of hydrogen-bond donors (Lipinski definition) is 1. The van der Waals surface area contributed by atoms with Gasteiger partial charge in [-0.15, -0.1) is 11.3 Å². The topological polar surface area (TPSA) is 88.6 Å². The number of rotatable bonds is 4. The number of aromatic nitrogens is 1. The van der Waals surface area contributed by atoms with Crippen LogP contribution in [0, 0.1) is 0 Å². The highest BCUT2D eigenvalue weighted by Gasteiger charge is 2.37. The van der Waals surface area contributed by atoms with E-state index in [-0.39, 0.29) is 35.9 Å². The Kier molecular flexibility index (Phi) is 4.06. The van der Waals surface area contributed by atoms with Crippen molar-refractivity contribution in [3.05, 3.63) is 46.5 Å². The molecule has 25 heavy (non-hydrogen) atoms. The molecule has 0 aliphatic carbocycles. The number of amides is 3. The zero-order valence-corrected chi connectivity index (χ0v) is 14.0. The normalized spacial score (nSPS) is 19.4. The molecule has 3 heterocycles. The van der Waals surface area contributed by atoms with E-state index in [0.717, 1.165) is 12.8 Å². The molecule has 8 heteroatoms. The van der Waals surface area contributed by atoms with Gasteiger partial charge in [0.05, 0.1) is 23.8 Å². The monoisotopic (exact) mass is 357 g/mol. The summed E-state index contributed by atoms with van der Waals surface area (Å²) in [5, 5.41) is 4.90. The molecule has 2 aromatic rings. The number of nitrogens with one attached hydrogen (secondary N) is 1. The van der Waals surface area contributed by atoms with Crippen molar-refractivity contribution in [1.82, 2.24) is 9.88 Å². The molecule has 2 aliphatic rings. The maximum atomic E-state index is 12.6. The lowest BCUT2D eigenvalue weighted by Crippen LogP contribution is -2.36. The van der Waals surface area contributed by atoms with Gasteiger partial charge in [-0.3, -0.25) is 24.6 Å². The lowest BCUT2D eigenvalue weighted by molar-refractivity contribution is 0.0475. The Hall–Kier alpha value is -2.58. The second kappa shape index (κ2) is 6.38. The Morgan fingerprint density at radius 3 is 2.88 bits per heavy atom. The Morgan fingerprint density at radius 2 is 2.16 bits per heavy atom. The van der Waals surface area contributed by atoms with Crippen LogP contribution in [0.5, 0.6) is 0 Å². The van der Waals surface area contributed by atoms with Crippen LogP contribution in [-0.2, 0) is 4.74 Å². The molecule has 0 radical (unpaired) electrons. The predicted molar refractivity (Wildman–Crippen MR) is 90.9 cm³/mol. The fourth-order valence-electron chi connectivity index (χ4n) is 3.04. The standard InChI is InChI=1S/C17H15N3O4S/c21-14(19-17-18-5-7-25-17)10-3-4-12-13(8-10)16(23)20(15(12)22)9-11-2-1-6-24-11/h3-5,7-8,11H,1-2,6,9H2,(H,18,19,21)/t11-/m0/s1. The minimum atomic E-state index is -0.376. The molecule has 0 saturated carbocycles. The van der Waals surface area contributed by atoms with Gasteiger partial charge in [-0.2, -0.15) is 0 Å². The van der Waals surface area contributed by atoms with Gasteiger partial charge in [0.1, 0.15) is 0 Å². The summed E-state index contributed by atoms with van der Waals surface area (Å²) in [5.41, 5.74) is 0.901. The van der Waals surface area contributed by atoms with Crippen LogP contribution in [0.15, 0.2) is 29.8 Å². The highest BCUT2D eigenvalue weighted by molar-refractivity contribution is 7.13. The number of thiazole rings is 1. The Morgan fingerprint density at radius 1 is 1.32 bits per heavy atom. The summed E-state index contributed by atoms with van der Waals surface area (Å²) in [6.07, 6.45) is 3.27. The SMILES string of the molecule is O=C(Nc1nccs1)c1ccc2c(c1)C(=O)N(C[C@@H]1CCCO1)C2=O. The fourth-order valence-corrected chi connectivity index (χ4v) is 3.57. The summed E-state index contributed by atoms with van der Waals surface area (Å²) < 4.78 is 5.52. The van der Waals surface area contributed by atoms with Crippen LogP contribution >= 0.6 is 11.3 Å². The molecule has 1 saturated heterocycles. The Balaban J connectivity index is 1.55. The first-order valence-electron chi connectivity index (χ1n) is 7.96. The van der Waals surface area contributed by atoms with E-state index in [9.17, 15) is 14.4 Å². The van der Waals surface area contributed by atoms with Crippen molar-refractivity contribution >= 4 is 34.2 Å². The number of nitrogens with zero attached hydrogens (tertiary/aromatic N) is 2. The lowest BCUT2D eigenvalue weighted by Gasteiger charge is -2.17. The van der Waals surface area contributed by atoms with Crippen molar-refractivity contribution in [2.45, 2.75) is 18.9 Å². The molecule has 7 nitrogen and oxygen atoms in total. The number of hydrogen-bond acceptors (Lipinski definition) is 6.